The van der Waals surface area contributed by atoms with Crippen LogP contribution in [0, 0.1) is 5.82 Å². The average molecular weight is 243 g/mol. The zero-order chi connectivity index (χ0) is 12.5. The molecular formula is C9H7F6N. The molecule has 0 fully saturated rings. The zero-order valence-corrected chi connectivity index (χ0v) is 7.73. The number of benzene rings is 1. The largest absolute Gasteiger partial charge is 0.407 e. The van der Waals surface area contributed by atoms with Gasteiger partial charge in [0.1, 0.15) is 11.9 Å². The molecule has 16 heavy (non-hydrogen) atoms. The number of halogens is 6. The highest BCUT2D eigenvalue weighted by molar-refractivity contribution is 5.32. The van der Waals surface area contributed by atoms with Crippen molar-refractivity contribution in [1.29, 1.82) is 0 Å². The Morgan fingerprint density at radius 3 is 2.06 bits per heavy atom. The van der Waals surface area contributed by atoms with E-state index < -0.39 is 35.6 Å². The standard InChI is InChI=1S/C9H7F6N/c10-4-1-2-5(8(11)12)6(3-4)7(16)9(13,14)15/h1-3,7-8H,16H2/t7-/m0/s1. The SMILES string of the molecule is N[C@@H](c1cc(F)ccc1C(F)F)C(F)(F)F. The van der Waals surface area contributed by atoms with Crippen molar-refractivity contribution in [2.75, 3.05) is 0 Å². The van der Waals surface area contributed by atoms with Gasteiger partial charge in [0.05, 0.1) is 0 Å². The fraction of sp³-hybridized carbons (Fsp3) is 0.333. The summed E-state index contributed by atoms with van der Waals surface area (Å²) < 4.78 is 74.1. The first-order valence-corrected chi connectivity index (χ1v) is 4.13. The van der Waals surface area contributed by atoms with Crippen molar-refractivity contribution in [2.24, 2.45) is 5.73 Å². The lowest BCUT2D eigenvalue weighted by atomic mass is 10.0. The van der Waals surface area contributed by atoms with Crippen molar-refractivity contribution in [2.45, 2.75) is 18.6 Å². The molecule has 2 N–H and O–H groups in total. The first-order chi connectivity index (χ1) is 7.23. The molecule has 0 aliphatic heterocycles. The molecule has 0 saturated heterocycles. The summed E-state index contributed by atoms with van der Waals surface area (Å²) in [6.45, 7) is 0. The predicted octanol–water partition coefficient (Wildman–Crippen LogP) is 3.33. The molecule has 7 heteroatoms. The van der Waals surface area contributed by atoms with E-state index in [0.29, 0.717) is 18.2 Å². The molecule has 0 unspecified atom stereocenters. The Kier molecular flexibility index (Phi) is 3.47. The first kappa shape index (κ1) is 12.8. The van der Waals surface area contributed by atoms with Gasteiger partial charge in [0.15, 0.2) is 0 Å². The van der Waals surface area contributed by atoms with E-state index in [1.165, 1.54) is 0 Å². The van der Waals surface area contributed by atoms with Crippen LogP contribution in [0.3, 0.4) is 0 Å². The smallest absolute Gasteiger partial charge is 0.316 e. The van der Waals surface area contributed by atoms with Crippen LogP contribution in [0.15, 0.2) is 18.2 Å². The van der Waals surface area contributed by atoms with Gasteiger partial charge in [-0.2, -0.15) is 13.2 Å². The molecule has 1 aromatic carbocycles. The van der Waals surface area contributed by atoms with Gasteiger partial charge in [-0.3, -0.25) is 0 Å². The summed E-state index contributed by atoms with van der Waals surface area (Å²) in [5, 5.41) is 0. The normalized spacial score (nSPS) is 14.2. The highest BCUT2D eigenvalue weighted by Gasteiger charge is 2.40. The first-order valence-electron chi connectivity index (χ1n) is 4.13. The van der Waals surface area contributed by atoms with Crippen molar-refractivity contribution >= 4 is 0 Å². The van der Waals surface area contributed by atoms with Crippen LogP contribution in [0.25, 0.3) is 0 Å². The van der Waals surface area contributed by atoms with E-state index >= 15 is 0 Å². The molecule has 0 bridgehead atoms. The van der Waals surface area contributed by atoms with Gasteiger partial charge in [0.25, 0.3) is 6.43 Å². The van der Waals surface area contributed by atoms with E-state index in [4.69, 9.17) is 5.73 Å². The third-order valence-electron chi connectivity index (χ3n) is 1.97. The summed E-state index contributed by atoms with van der Waals surface area (Å²) >= 11 is 0. The van der Waals surface area contributed by atoms with Gasteiger partial charge in [0, 0.05) is 5.56 Å². The average Bonchev–Trinajstić information content (AvgIpc) is 2.14. The van der Waals surface area contributed by atoms with Crippen molar-refractivity contribution in [1.82, 2.24) is 0 Å². The molecule has 0 amide bonds. The number of nitrogens with two attached hydrogens (primary N) is 1. The summed E-state index contributed by atoms with van der Waals surface area (Å²) in [5.74, 6) is -1.04. The van der Waals surface area contributed by atoms with Gasteiger partial charge in [-0.15, -0.1) is 0 Å². The Morgan fingerprint density at radius 1 is 1.06 bits per heavy atom. The van der Waals surface area contributed by atoms with Gasteiger partial charge >= 0.3 is 6.18 Å². The third kappa shape index (κ3) is 2.66. The molecule has 90 valence electrons. The second-order valence-corrected chi connectivity index (χ2v) is 3.09. The predicted molar refractivity (Wildman–Crippen MR) is 44.3 cm³/mol. The van der Waals surface area contributed by atoms with Crippen LogP contribution < -0.4 is 5.73 Å². The zero-order valence-electron chi connectivity index (χ0n) is 7.73. The van der Waals surface area contributed by atoms with E-state index in [1.807, 2.05) is 0 Å². The highest BCUT2D eigenvalue weighted by atomic mass is 19.4. The molecular weight excluding hydrogens is 236 g/mol. The van der Waals surface area contributed by atoms with Crippen LogP contribution in [0.5, 0.6) is 0 Å². The fourth-order valence-electron chi connectivity index (χ4n) is 1.19. The minimum atomic E-state index is -4.89. The molecule has 0 heterocycles. The maximum Gasteiger partial charge on any atom is 0.407 e. The molecule has 1 nitrogen and oxygen atoms in total. The molecule has 0 saturated carbocycles. The lowest BCUT2D eigenvalue weighted by Crippen LogP contribution is -2.29. The topological polar surface area (TPSA) is 26.0 Å². The minimum Gasteiger partial charge on any atom is -0.316 e. The van der Waals surface area contributed by atoms with Gasteiger partial charge in [-0.1, -0.05) is 6.07 Å². The van der Waals surface area contributed by atoms with Gasteiger partial charge in [-0.05, 0) is 17.7 Å². The fourth-order valence-corrected chi connectivity index (χ4v) is 1.19. The summed E-state index contributed by atoms with van der Waals surface area (Å²) in [7, 11) is 0. The summed E-state index contributed by atoms with van der Waals surface area (Å²) in [4.78, 5) is 0. The van der Waals surface area contributed by atoms with Crippen LogP contribution in [0.4, 0.5) is 26.3 Å². The Hall–Kier alpha value is -1.24. The van der Waals surface area contributed by atoms with Crippen molar-refractivity contribution in [3.8, 4) is 0 Å². The van der Waals surface area contributed by atoms with Gasteiger partial charge < -0.3 is 5.73 Å². The molecule has 1 aromatic rings. The molecule has 0 aliphatic carbocycles. The minimum absolute atomic E-state index is 0.375. The Morgan fingerprint density at radius 2 is 1.62 bits per heavy atom. The van der Waals surface area contributed by atoms with E-state index in [9.17, 15) is 26.3 Å². The summed E-state index contributed by atoms with van der Waals surface area (Å²) in [6.07, 6.45) is -8.03. The van der Waals surface area contributed by atoms with E-state index in [-0.39, 0.29) is 0 Å². The quantitative estimate of drug-likeness (QED) is 0.792. The summed E-state index contributed by atoms with van der Waals surface area (Å²) in [6, 6.07) is -0.985. The third-order valence-corrected chi connectivity index (χ3v) is 1.97. The van der Waals surface area contributed by atoms with Crippen LogP contribution in [-0.2, 0) is 0 Å². The van der Waals surface area contributed by atoms with Crippen LogP contribution >= 0.6 is 0 Å². The molecule has 1 rings (SSSR count). The van der Waals surface area contributed by atoms with E-state index in [2.05, 4.69) is 0 Å². The van der Waals surface area contributed by atoms with Crippen LogP contribution in [0.1, 0.15) is 23.6 Å². The number of hydrogen-bond acceptors (Lipinski definition) is 1. The number of alkyl halides is 5. The monoisotopic (exact) mass is 243 g/mol. The second kappa shape index (κ2) is 4.32. The maximum absolute atomic E-state index is 12.7. The summed E-state index contributed by atoms with van der Waals surface area (Å²) in [5.41, 5.74) is 2.90. The molecule has 0 aromatic heterocycles. The number of hydrogen-bond donors (Lipinski definition) is 1. The Bertz CT molecular complexity index is 373. The van der Waals surface area contributed by atoms with Gasteiger partial charge in [-0.25, -0.2) is 13.2 Å². The maximum atomic E-state index is 12.7. The molecule has 1 atom stereocenters. The van der Waals surface area contributed by atoms with Crippen LogP contribution in [0.2, 0.25) is 0 Å². The second-order valence-electron chi connectivity index (χ2n) is 3.09. The molecule has 0 radical (unpaired) electrons. The van der Waals surface area contributed by atoms with Crippen molar-refractivity contribution in [3.05, 3.63) is 35.1 Å². The highest BCUT2D eigenvalue weighted by Crippen LogP contribution is 2.35. The Labute approximate surface area is 86.9 Å². The molecule has 0 aliphatic rings. The van der Waals surface area contributed by atoms with E-state index in [0.717, 1.165) is 0 Å². The van der Waals surface area contributed by atoms with Crippen molar-refractivity contribution < 1.29 is 26.3 Å². The number of rotatable bonds is 2. The van der Waals surface area contributed by atoms with Gasteiger partial charge in [0.2, 0.25) is 0 Å². The lowest BCUT2D eigenvalue weighted by Gasteiger charge is -2.18. The van der Waals surface area contributed by atoms with Crippen molar-refractivity contribution in [3.63, 3.8) is 0 Å². The van der Waals surface area contributed by atoms with E-state index in [1.54, 1.807) is 0 Å². The lowest BCUT2D eigenvalue weighted by molar-refractivity contribution is -0.149. The Balaban J connectivity index is 3.25. The molecule has 0 spiro atoms. The van der Waals surface area contributed by atoms with Crippen LogP contribution in [-0.4, -0.2) is 6.18 Å².